The normalized spacial score (nSPS) is 24.8. The maximum atomic E-state index is 11.3. The van der Waals surface area contributed by atoms with Crippen molar-refractivity contribution < 1.29 is 4.79 Å². The van der Waals surface area contributed by atoms with Gasteiger partial charge in [-0.25, -0.2) is 4.98 Å². The van der Waals surface area contributed by atoms with E-state index in [0.717, 1.165) is 18.7 Å². The zero-order valence-electron chi connectivity index (χ0n) is 9.11. The van der Waals surface area contributed by atoms with Crippen molar-refractivity contribution in [1.29, 1.82) is 0 Å². The largest absolute Gasteiger partial charge is 0.370 e. The van der Waals surface area contributed by atoms with Gasteiger partial charge in [0.05, 0.1) is 5.41 Å². The van der Waals surface area contributed by atoms with Crippen molar-refractivity contribution >= 4 is 23.2 Å². The third kappa shape index (κ3) is 1.97. The quantitative estimate of drug-likeness (QED) is 0.795. The average Bonchev–Trinajstić information content (AvgIpc) is 2.62. The van der Waals surface area contributed by atoms with Crippen LogP contribution in [0.3, 0.4) is 0 Å². The Labute approximate surface area is 99.4 Å². The van der Waals surface area contributed by atoms with Crippen molar-refractivity contribution in [2.45, 2.75) is 13.3 Å². The monoisotopic (exact) mass is 239 g/mol. The molecule has 86 valence electrons. The molecule has 2 heterocycles. The Morgan fingerprint density at radius 3 is 3.00 bits per heavy atom. The highest BCUT2D eigenvalue weighted by molar-refractivity contribution is 6.29. The van der Waals surface area contributed by atoms with E-state index in [4.69, 9.17) is 17.3 Å². The summed E-state index contributed by atoms with van der Waals surface area (Å²) in [6.07, 6.45) is 2.44. The summed E-state index contributed by atoms with van der Waals surface area (Å²) >= 11 is 5.83. The smallest absolute Gasteiger partial charge is 0.225 e. The Hall–Kier alpha value is -1.29. The fraction of sp³-hybridized carbons (Fsp3) is 0.455. The second-order valence-corrected chi connectivity index (χ2v) is 4.82. The summed E-state index contributed by atoms with van der Waals surface area (Å²) < 4.78 is 0. The van der Waals surface area contributed by atoms with Gasteiger partial charge in [-0.2, -0.15) is 0 Å². The topological polar surface area (TPSA) is 59.2 Å². The number of anilines is 1. The van der Waals surface area contributed by atoms with Crippen LogP contribution < -0.4 is 10.6 Å². The molecule has 1 aromatic heterocycles. The molecule has 1 fully saturated rings. The third-order valence-electron chi connectivity index (χ3n) is 3.14. The van der Waals surface area contributed by atoms with Gasteiger partial charge in [0.1, 0.15) is 5.15 Å². The zero-order valence-corrected chi connectivity index (χ0v) is 9.87. The fourth-order valence-electron chi connectivity index (χ4n) is 1.97. The van der Waals surface area contributed by atoms with Gasteiger partial charge in [-0.1, -0.05) is 11.6 Å². The first-order valence-electron chi connectivity index (χ1n) is 5.18. The van der Waals surface area contributed by atoms with Crippen molar-refractivity contribution in [2.75, 3.05) is 18.0 Å². The summed E-state index contributed by atoms with van der Waals surface area (Å²) in [6.45, 7) is 3.36. The van der Waals surface area contributed by atoms with Crippen molar-refractivity contribution in [3.63, 3.8) is 0 Å². The Kier molecular flexibility index (Phi) is 2.76. The van der Waals surface area contributed by atoms with Crippen molar-refractivity contribution in [3.8, 4) is 0 Å². The van der Waals surface area contributed by atoms with Crippen LogP contribution in [0, 0.1) is 5.41 Å². The molecule has 5 heteroatoms. The van der Waals surface area contributed by atoms with Gasteiger partial charge in [0.15, 0.2) is 0 Å². The number of aromatic nitrogens is 1. The van der Waals surface area contributed by atoms with Gasteiger partial charge in [0, 0.05) is 25.0 Å². The molecule has 0 saturated carbocycles. The molecule has 2 N–H and O–H groups in total. The van der Waals surface area contributed by atoms with Gasteiger partial charge in [-0.15, -0.1) is 0 Å². The molecule has 0 radical (unpaired) electrons. The molecular formula is C11H14ClN3O. The molecule has 0 aliphatic carbocycles. The highest BCUT2D eigenvalue weighted by atomic mass is 35.5. The summed E-state index contributed by atoms with van der Waals surface area (Å²) in [5, 5.41) is 0.463. The van der Waals surface area contributed by atoms with Crippen LogP contribution in [0.5, 0.6) is 0 Å². The van der Waals surface area contributed by atoms with E-state index in [9.17, 15) is 4.79 Å². The first-order chi connectivity index (χ1) is 7.51. The van der Waals surface area contributed by atoms with E-state index >= 15 is 0 Å². The predicted octanol–water partition coefficient (Wildman–Crippen LogP) is 1.44. The minimum absolute atomic E-state index is 0.241. The van der Waals surface area contributed by atoms with E-state index in [2.05, 4.69) is 9.88 Å². The van der Waals surface area contributed by atoms with Crippen LogP contribution in [0.2, 0.25) is 5.15 Å². The number of rotatable bonds is 2. The Morgan fingerprint density at radius 2 is 2.44 bits per heavy atom. The number of hydrogen-bond acceptors (Lipinski definition) is 3. The first kappa shape index (κ1) is 11.2. The number of pyridine rings is 1. The zero-order chi connectivity index (χ0) is 11.8. The molecule has 1 amide bonds. The number of hydrogen-bond donors (Lipinski definition) is 1. The molecule has 4 nitrogen and oxygen atoms in total. The summed E-state index contributed by atoms with van der Waals surface area (Å²) in [6, 6.07) is 3.69. The van der Waals surface area contributed by atoms with Crippen LogP contribution in [0.1, 0.15) is 13.3 Å². The lowest BCUT2D eigenvalue weighted by molar-refractivity contribution is -0.125. The van der Waals surface area contributed by atoms with E-state index in [1.54, 1.807) is 12.3 Å². The summed E-state index contributed by atoms with van der Waals surface area (Å²) in [5.41, 5.74) is 5.95. The maximum Gasteiger partial charge on any atom is 0.225 e. The minimum Gasteiger partial charge on any atom is -0.370 e. The highest BCUT2D eigenvalue weighted by Gasteiger charge is 2.38. The second kappa shape index (κ2) is 3.94. The van der Waals surface area contributed by atoms with E-state index in [-0.39, 0.29) is 5.91 Å². The third-order valence-corrected chi connectivity index (χ3v) is 3.35. The fourth-order valence-corrected chi connectivity index (χ4v) is 2.14. The van der Waals surface area contributed by atoms with E-state index in [0.29, 0.717) is 11.7 Å². The molecule has 0 bridgehead atoms. The van der Waals surface area contributed by atoms with Crippen LogP contribution in [0.25, 0.3) is 0 Å². The number of nitrogens with zero attached hydrogens (tertiary/aromatic N) is 2. The first-order valence-corrected chi connectivity index (χ1v) is 5.55. The van der Waals surface area contributed by atoms with Gasteiger partial charge >= 0.3 is 0 Å². The molecule has 1 aromatic rings. The van der Waals surface area contributed by atoms with E-state index in [1.165, 1.54) is 0 Å². The number of halogens is 1. The maximum absolute atomic E-state index is 11.3. The molecule has 2 rings (SSSR count). The van der Waals surface area contributed by atoms with Gasteiger partial charge in [0.2, 0.25) is 5.91 Å². The van der Waals surface area contributed by atoms with Crippen LogP contribution in [-0.2, 0) is 4.79 Å². The Bertz CT molecular complexity index is 423. The molecular weight excluding hydrogens is 226 g/mol. The molecule has 0 aromatic carbocycles. The van der Waals surface area contributed by atoms with Crippen LogP contribution >= 0.6 is 11.6 Å². The molecule has 1 unspecified atom stereocenters. The Balaban J connectivity index is 2.18. The number of carbonyl (C=O) groups excluding carboxylic acids is 1. The van der Waals surface area contributed by atoms with E-state index in [1.807, 2.05) is 13.0 Å². The number of primary amides is 1. The SMILES string of the molecule is CC1(C(N)=O)CCN(c2ccnc(Cl)c2)C1. The lowest BCUT2D eigenvalue weighted by Crippen LogP contribution is -2.37. The van der Waals surface area contributed by atoms with Crippen molar-refractivity contribution in [1.82, 2.24) is 4.98 Å². The average molecular weight is 240 g/mol. The highest BCUT2D eigenvalue weighted by Crippen LogP contribution is 2.33. The molecule has 1 aliphatic heterocycles. The molecule has 16 heavy (non-hydrogen) atoms. The van der Waals surface area contributed by atoms with Crippen LogP contribution in [0.4, 0.5) is 5.69 Å². The van der Waals surface area contributed by atoms with Crippen LogP contribution in [0.15, 0.2) is 18.3 Å². The van der Waals surface area contributed by atoms with Crippen molar-refractivity contribution in [2.24, 2.45) is 11.1 Å². The van der Waals surface area contributed by atoms with E-state index < -0.39 is 5.41 Å². The number of nitrogens with two attached hydrogens (primary N) is 1. The molecule has 0 spiro atoms. The van der Waals surface area contributed by atoms with Gasteiger partial charge in [0.25, 0.3) is 0 Å². The number of carbonyl (C=O) groups is 1. The molecule has 1 saturated heterocycles. The predicted molar refractivity (Wildman–Crippen MR) is 63.4 cm³/mol. The molecule has 1 aliphatic rings. The lowest BCUT2D eigenvalue weighted by atomic mass is 9.89. The standard InChI is InChI=1S/C11H14ClN3O/c1-11(10(13)16)3-5-15(7-11)8-2-4-14-9(12)6-8/h2,4,6H,3,5,7H2,1H3,(H2,13,16). The van der Waals surface area contributed by atoms with Crippen LogP contribution in [-0.4, -0.2) is 24.0 Å². The number of amides is 1. The molecule has 1 atom stereocenters. The van der Waals surface area contributed by atoms with Gasteiger partial charge in [-0.05, 0) is 25.5 Å². The van der Waals surface area contributed by atoms with Crippen molar-refractivity contribution in [3.05, 3.63) is 23.5 Å². The Morgan fingerprint density at radius 1 is 1.69 bits per heavy atom. The van der Waals surface area contributed by atoms with Gasteiger partial charge < -0.3 is 10.6 Å². The minimum atomic E-state index is -0.435. The lowest BCUT2D eigenvalue weighted by Gasteiger charge is -2.22. The van der Waals surface area contributed by atoms with Gasteiger partial charge in [-0.3, -0.25) is 4.79 Å². The summed E-state index contributed by atoms with van der Waals surface area (Å²) in [5.74, 6) is -0.241. The summed E-state index contributed by atoms with van der Waals surface area (Å²) in [4.78, 5) is 17.4. The summed E-state index contributed by atoms with van der Waals surface area (Å²) in [7, 11) is 0. The second-order valence-electron chi connectivity index (χ2n) is 4.43.